The van der Waals surface area contributed by atoms with E-state index in [1.165, 1.54) is 0 Å². The van der Waals surface area contributed by atoms with Crippen LogP contribution in [0.4, 0.5) is 0 Å². The second-order valence-corrected chi connectivity index (χ2v) is 7.96. The molecule has 0 unspecified atom stereocenters. The Hall–Kier alpha value is -0.980. The summed E-state index contributed by atoms with van der Waals surface area (Å²) in [4.78, 5) is 6.86. The molecule has 2 atom stereocenters. The quantitative estimate of drug-likeness (QED) is 0.915. The SMILES string of the molecule is CCO[C@@H]1C[C@H](O)C12CCN(Cc1ncnn1C(C)(C)C)CC2. The van der Waals surface area contributed by atoms with Gasteiger partial charge in [0.05, 0.1) is 24.3 Å². The summed E-state index contributed by atoms with van der Waals surface area (Å²) in [7, 11) is 0. The molecule has 6 nitrogen and oxygen atoms in total. The summed E-state index contributed by atoms with van der Waals surface area (Å²) in [6.07, 6.45) is 4.49. The van der Waals surface area contributed by atoms with E-state index in [-0.39, 0.29) is 23.2 Å². The van der Waals surface area contributed by atoms with Crippen molar-refractivity contribution in [3.05, 3.63) is 12.2 Å². The van der Waals surface area contributed by atoms with E-state index in [0.717, 1.165) is 51.3 Å². The fourth-order valence-corrected chi connectivity index (χ4v) is 4.08. The van der Waals surface area contributed by atoms with E-state index < -0.39 is 0 Å². The number of hydrogen-bond acceptors (Lipinski definition) is 5. The summed E-state index contributed by atoms with van der Waals surface area (Å²) in [5, 5.41) is 14.7. The topological polar surface area (TPSA) is 63.4 Å². The third-order valence-corrected chi connectivity index (χ3v) is 5.52. The molecular weight excluding hydrogens is 292 g/mol. The molecule has 1 aromatic heterocycles. The van der Waals surface area contributed by atoms with Gasteiger partial charge in [0.2, 0.25) is 0 Å². The first-order valence-electron chi connectivity index (χ1n) is 8.78. The number of ether oxygens (including phenoxy) is 1. The molecule has 2 heterocycles. The first kappa shape index (κ1) is 16.9. The van der Waals surface area contributed by atoms with Gasteiger partial charge >= 0.3 is 0 Å². The van der Waals surface area contributed by atoms with Gasteiger partial charge < -0.3 is 9.84 Å². The Labute approximate surface area is 138 Å². The third-order valence-electron chi connectivity index (χ3n) is 5.52. The van der Waals surface area contributed by atoms with Crippen molar-refractivity contribution < 1.29 is 9.84 Å². The summed E-state index contributed by atoms with van der Waals surface area (Å²) in [5.41, 5.74) is -0.0583. The van der Waals surface area contributed by atoms with Crippen molar-refractivity contribution in [1.29, 1.82) is 0 Å². The minimum absolute atomic E-state index is 0.00971. The van der Waals surface area contributed by atoms with Gasteiger partial charge in [-0.05, 0) is 53.6 Å². The molecule has 1 aliphatic carbocycles. The smallest absolute Gasteiger partial charge is 0.141 e. The predicted molar refractivity (Wildman–Crippen MR) is 88.0 cm³/mol. The van der Waals surface area contributed by atoms with Gasteiger partial charge in [-0.25, -0.2) is 9.67 Å². The summed E-state index contributed by atoms with van der Waals surface area (Å²) >= 11 is 0. The first-order valence-corrected chi connectivity index (χ1v) is 8.78. The Kier molecular flexibility index (Phi) is 4.51. The van der Waals surface area contributed by atoms with Gasteiger partial charge in [0.25, 0.3) is 0 Å². The van der Waals surface area contributed by atoms with Crippen LogP contribution in [0.1, 0.15) is 52.8 Å². The van der Waals surface area contributed by atoms with Gasteiger partial charge in [-0.1, -0.05) is 0 Å². The first-order chi connectivity index (χ1) is 10.9. The lowest BCUT2D eigenvalue weighted by atomic mass is 9.58. The van der Waals surface area contributed by atoms with Crippen LogP contribution in [0, 0.1) is 5.41 Å². The number of rotatable bonds is 4. The normalized spacial score (nSPS) is 28.0. The van der Waals surface area contributed by atoms with Gasteiger partial charge in [0, 0.05) is 18.4 Å². The maximum Gasteiger partial charge on any atom is 0.141 e. The molecule has 0 amide bonds. The molecule has 2 aliphatic rings. The van der Waals surface area contributed by atoms with Crippen molar-refractivity contribution in [2.75, 3.05) is 19.7 Å². The lowest BCUT2D eigenvalue weighted by Gasteiger charge is -2.56. The minimum atomic E-state index is -0.195. The highest BCUT2D eigenvalue weighted by Gasteiger charge is 2.55. The van der Waals surface area contributed by atoms with Gasteiger partial charge in [-0.2, -0.15) is 5.10 Å². The van der Waals surface area contributed by atoms with Crippen LogP contribution >= 0.6 is 0 Å². The lowest BCUT2D eigenvalue weighted by molar-refractivity contribution is -0.210. The van der Waals surface area contributed by atoms with E-state index in [2.05, 4.69) is 35.8 Å². The van der Waals surface area contributed by atoms with Crippen LogP contribution < -0.4 is 0 Å². The van der Waals surface area contributed by atoms with Crippen LogP contribution in [0.2, 0.25) is 0 Å². The Bertz CT molecular complexity index is 527. The monoisotopic (exact) mass is 322 g/mol. The number of likely N-dealkylation sites (tertiary alicyclic amines) is 1. The summed E-state index contributed by atoms with van der Waals surface area (Å²) in [6.45, 7) is 12.0. The van der Waals surface area contributed by atoms with Crippen LogP contribution in [0.5, 0.6) is 0 Å². The van der Waals surface area contributed by atoms with Crippen molar-refractivity contribution in [2.45, 2.75) is 71.2 Å². The zero-order chi connectivity index (χ0) is 16.7. The molecule has 0 aromatic carbocycles. The fraction of sp³-hybridized carbons (Fsp3) is 0.882. The highest BCUT2D eigenvalue weighted by Crippen LogP contribution is 2.51. The van der Waals surface area contributed by atoms with Crippen LogP contribution in [0.3, 0.4) is 0 Å². The molecule has 1 N–H and O–H groups in total. The van der Waals surface area contributed by atoms with Gasteiger partial charge in [0.1, 0.15) is 12.2 Å². The zero-order valence-electron chi connectivity index (χ0n) is 14.8. The number of nitrogens with zero attached hydrogens (tertiary/aromatic N) is 4. The number of piperidine rings is 1. The van der Waals surface area contributed by atoms with Gasteiger partial charge in [0.15, 0.2) is 0 Å². The largest absolute Gasteiger partial charge is 0.392 e. The lowest BCUT2D eigenvalue weighted by Crippen LogP contribution is -2.62. The average molecular weight is 322 g/mol. The summed E-state index contributed by atoms with van der Waals surface area (Å²) in [6, 6.07) is 0. The van der Waals surface area contributed by atoms with Crippen molar-refractivity contribution in [2.24, 2.45) is 5.41 Å². The molecule has 1 aliphatic heterocycles. The second-order valence-electron chi connectivity index (χ2n) is 7.96. The molecule has 3 rings (SSSR count). The Morgan fingerprint density at radius 2 is 2.04 bits per heavy atom. The highest BCUT2D eigenvalue weighted by atomic mass is 16.5. The van der Waals surface area contributed by atoms with E-state index in [1.54, 1.807) is 6.33 Å². The number of aliphatic hydroxyl groups excluding tert-OH is 1. The molecular formula is C17H30N4O2. The Balaban J connectivity index is 1.61. The summed E-state index contributed by atoms with van der Waals surface area (Å²) in [5.74, 6) is 1.02. The number of hydrogen-bond donors (Lipinski definition) is 1. The molecule has 130 valence electrons. The van der Waals surface area contributed by atoms with E-state index in [4.69, 9.17) is 4.74 Å². The molecule has 0 radical (unpaired) electrons. The van der Waals surface area contributed by atoms with Gasteiger partial charge in [-0.15, -0.1) is 0 Å². The maximum absolute atomic E-state index is 10.3. The van der Waals surface area contributed by atoms with Crippen LogP contribution in [-0.2, 0) is 16.8 Å². The van der Waals surface area contributed by atoms with E-state index in [9.17, 15) is 5.11 Å². The van der Waals surface area contributed by atoms with Crippen LogP contribution in [0.15, 0.2) is 6.33 Å². The Morgan fingerprint density at radius 3 is 2.61 bits per heavy atom. The van der Waals surface area contributed by atoms with Crippen LogP contribution in [-0.4, -0.2) is 56.7 Å². The number of aliphatic hydroxyl groups is 1. The van der Waals surface area contributed by atoms with E-state index in [1.807, 2.05) is 11.6 Å². The average Bonchev–Trinajstić information content (AvgIpc) is 2.96. The molecule has 1 spiro atoms. The maximum atomic E-state index is 10.3. The third kappa shape index (κ3) is 3.04. The molecule has 23 heavy (non-hydrogen) atoms. The van der Waals surface area contributed by atoms with Crippen molar-refractivity contribution in [3.63, 3.8) is 0 Å². The highest BCUT2D eigenvalue weighted by molar-refractivity contribution is 5.07. The molecule has 1 saturated heterocycles. The number of aromatic nitrogens is 3. The second kappa shape index (κ2) is 6.15. The molecule has 0 bridgehead atoms. The van der Waals surface area contributed by atoms with Crippen molar-refractivity contribution in [3.8, 4) is 0 Å². The standard InChI is InChI=1S/C17H30N4O2/c1-5-23-14-10-13(22)17(14)6-8-20(9-7-17)11-15-18-12-19-21(15)16(2,3)4/h12-14,22H,5-11H2,1-4H3/t13-,14+/m0/s1. The fourth-order valence-electron chi connectivity index (χ4n) is 4.08. The summed E-state index contributed by atoms with van der Waals surface area (Å²) < 4.78 is 7.85. The molecule has 1 aromatic rings. The zero-order valence-corrected chi connectivity index (χ0v) is 14.8. The predicted octanol–water partition coefficient (Wildman–Crippen LogP) is 1.78. The van der Waals surface area contributed by atoms with E-state index >= 15 is 0 Å². The molecule has 1 saturated carbocycles. The van der Waals surface area contributed by atoms with Crippen LogP contribution in [0.25, 0.3) is 0 Å². The minimum Gasteiger partial charge on any atom is -0.392 e. The van der Waals surface area contributed by atoms with Gasteiger partial charge in [-0.3, -0.25) is 4.90 Å². The van der Waals surface area contributed by atoms with Crippen molar-refractivity contribution in [1.82, 2.24) is 19.7 Å². The van der Waals surface area contributed by atoms with Crippen molar-refractivity contribution >= 4 is 0 Å². The Morgan fingerprint density at radius 1 is 1.35 bits per heavy atom. The molecule has 2 fully saturated rings. The van der Waals surface area contributed by atoms with E-state index in [0.29, 0.717) is 0 Å². The molecule has 6 heteroatoms.